The molecule has 0 saturated carbocycles. The van der Waals surface area contributed by atoms with Gasteiger partial charge in [-0.3, -0.25) is 9.20 Å². The Labute approximate surface area is 199 Å². The zero-order valence-corrected chi connectivity index (χ0v) is 19.6. The summed E-state index contributed by atoms with van der Waals surface area (Å²) in [7, 11) is 0. The highest BCUT2D eigenvalue weighted by Gasteiger charge is 2.33. The molecule has 1 atom stereocenters. The van der Waals surface area contributed by atoms with E-state index in [0.717, 1.165) is 12.1 Å². The zero-order valence-electron chi connectivity index (χ0n) is 19.6. The van der Waals surface area contributed by atoms with Gasteiger partial charge in [0.05, 0.1) is 16.9 Å². The van der Waals surface area contributed by atoms with Crippen molar-refractivity contribution in [1.29, 1.82) is 0 Å². The zero-order chi connectivity index (χ0) is 26.0. The molecule has 3 rings (SSSR count). The van der Waals surface area contributed by atoms with Gasteiger partial charge in [-0.1, -0.05) is 6.07 Å². The van der Waals surface area contributed by atoms with Crippen LogP contribution < -0.4 is 4.74 Å². The monoisotopic (exact) mass is 498 g/mol. The van der Waals surface area contributed by atoms with Crippen LogP contribution in [0.15, 0.2) is 36.5 Å². The van der Waals surface area contributed by atoms with E-state index in [-0.39, 0.29) is 41.9 Å². The van der Waals surface area contributed by atoms with Crippen LogP contribution in [0.4, 0.5) is 22.0 Å². The maximum absolute atomic E-state index is 13.9. The summed E-state index contributed by atoms with van der Waals surface area (Å²) >= 11 is 0. The number of aryl methyl sites for hydroxylation is 1. The topological polar surface area (TPSA) is 63.8 Å². The molecule has 0 saturated heterocycles. The fourth-order valence-corrected chi connectivity index (χ4v) is 4.00. The van der Waals surface area contributed by atoms with Gasteiger partial charge in [0.15, 0.2) is 17.2 Å². The Kier molecular flexibility index (Phi) is 7.83. The summed E-state index contributed by atoms with van der Waals surface area (Å²) in [5.74, 6) is -2.41. The van der Waals surface area contributed by atoms with E-state index < -0.39 is 48.1 Å². The molecule has 5 nitrogen and oxygen atoms in total. The highest BCUT2D eigenvalue weighted by Crippen LogP contribution is 2.32. The fourth-order valence-electron chi connectivity index (χ4n) is 4.00. The Morgan fingerprint density at radius 2 is 1.80 bits per heavy atom. The number of carbonyl (C=O) groups is 1. The summed E-state index contributed by atoms with van der Waals surface area (Å²) in [5, 5.41) is 10.5. The van der Waals surface area contributed by atoms with Crippen molar-refractivity contribution in [2.75, 3.05) is 0 Å². The van der Waals surface area contributed by atoms with E-state index in [0.29, 0.717) is 5.69 Å². The van der Waals surface area contributed by atoms with Gasteiger partial charge in [-0.15, -0.1) is 0 Å². The molecule has 2 heterocycles. The first kappa shape index (κ1) is 26.6. The number of imidazole rings is 1. The molecule has 0 aliphatic rings. The largest absolute Gasteiger partial charge is 0.485 e. The third kappa shape index (κ3) is 6.56. The van der Waals surface area contributed by atoms with Gasteiger partial charge in [0.25, 0.3) is 0 Å². The normalized spacial score (nSPS) is 13.3. The number of carbonyl (C=O) groups excluding carboxylic acids is 1. The second kappa shape index (κ2) is 10.3. The smallest absolute Gasteiger partial charge is 0.389 e. The molecule has 0 aliphatic heterocycles. The van der Waals surface area contributed by atoms with Crippen molar-refractivity contribution in [3.8, 4) is 5.75 Å². The van der Waals surface area contributed by atoms with Crippen LogP contribution in [0.1, 0.15) is 61.3 Å². The minimum absolute atomic E-state index is 0.0209. The number of nitrogens with zero attached hydrogens (tertiary/aromatic N) is 2. The standard InChI is InChI=1S/C25H27F5N2O3/c1-15-22(20(33)13-16(24(2,3)34)7-5-11-25(28,29)30)32-12-6-10-21(23(32)31-15)35-14-17-18(26)8-4-9-19(17)27/h4,6,8-10,12,16,34H,5,7,11,13-14H2,1-3H3. The number of Topliss-reactive ketones (excluding diaryl/α,β-unsaturated/α-hetero) is 1. The van der Waals surface area contributed by atoms with E-state index in [1.807, 2.05) is 0 Å². The average Bonchev–Trinajstić information content (AvgIpc) is 3.07. The molecule has 1 aromatic carbocycles. The lowest BCUT2D eigenvalue weighted by Crippen LogP contribution is -2.33. The summed E-state index contributed by atoms with van der Waals surface area (Å²) < 4.78 is 72.7. The third-order valence-electron chi connectivity index (χ3n) is 5.93. The van der Waals surface area contributed by atoms with Crippen molar-refractivity contribution in [1.82, 2.24) is 9.38 Å². The Balaban J connectivity index is 1.83. The van der Waals surface area contributed by atoms with E-state index in [1.165, 1.54) is 24.3 Å². The predicted octanol–water partition coefficient (Wildman–Crippen LogP) is 6.19. The molecular weight excluding hydrogens is 471 g/mol. The van der Waals surface area contributed by atoms with Crippen LogP contribution in [0.25, 0.3) is 5.65 Å². The summed E-state index contributed by atoms with van der Waals surface area (Å²) in [6, 6.07) is 6.61. The van der Waals surface area contributed by atoms with E-state index in [4.69, 9.17) is 4.74 Å². The third-order valence-corrected chi connectivity index (χ3v) is 5.93. The first-order valence-electron chi connectivity index (χ1n) is 11.1. The number of halogens is 5. The van der Waals surface area contributed by atoms with Crippen molar-refractivity contribution < 1.29 is 36.6 Å². The number of aromatic nitrogens is 2. The Hall–Kier alpha value is -3.01. The molecule has 1 unspecified atom stereocenters. The molecule has 190 valence electrons. The minimum atomic E-state index is -4.31. The van der Waals surface area contributed by atoms with Gasteiger partial charge in [0.1, 0.15) is 23.9 Å². The highest BCUT2D eigenvalue weighted by atomic mass is 19.4. The van der Waals surface area contributed by atoms with E-state index in [2.05, 4.69) is 4.98 Å². The van der Waals surface area contributed by atoms with Crippen LogP contribution in [-0.2, 0) is 6.61 Å². The summed E-state index contributed by atoms with van der Waals surface area (Å²) in [4.78, 5) is 17.6. The Morgan fingerprint density at radius 1 is 1.14 bits per heavy atom. The van der Waals surface area contributed by atoms with Crippen LogP contribution in [0, 0.1) is 24.5 Å². The summed E-state index contributed by atoms with van der Waals surface area (Å²) in [6.45, 7) is 4.14. The molecule has 0 amide bonds. The summed E-state index contributed by atoms with van der Waals surface area (Å²) in [6.07, 6.45) is -4.10. The number of alkyl halides is 3. The lowest BCUT2D eigenvalue weighted by molar-refractivity contribution is -0.137. The lowest BCUT2D eigenvalue weighted by Gasteiger charge is -2.29. The summed E-state index contributed by atoms with van der Waals surface area (Å²) in [5.41, 5.74) is -0.809. The molecule has 0 radical (unpaired) electrons. The van der Waals surface area contributed by atoms with Gasteiger partial charge in [-0.05, 0) is 63.8 Å². The second-order valence-electron chi connectivity index (χ2n) is 9.09. The number of ketones is 1. The van der Waals surface area contributed by atoms with Crippen molar-refractivity contribution in [3.05, 3.63) is 65.1 Å². The highest BCUT2D eigenvalue weighted by molar-refractivity contribution is 5.97. The fraction of sp³-hybridized carbons (Fsp3) is 0.440. The lowest BCUT2D eigenvalue weighted by atomic mass is 9.82. The molecule has 2 aromatic heterocycles. The quantitative estimate of drug-likeness (QED) is 0.267. The number of hydrogen-bond acceptors (Lipinski definition) is 4. The van der Waals surface area contributed by atoms with E-state index >= 15 is 0 Å². The van der Waals surface area contributed by atoms with Gasteiger partial charge in [-0.25, -0.2) is 13.8 Å². The first-order chi connectivity index (χ1) is 16.3. The van der Waals surface area contributed by atoms with Gasteiger partial charge in [0, 0.05) is 19.0 Å². The molecule has 3 aromatic rings. The van der Waals surface area contributed by atoms with Crippen LogP contribution in [-0.4, -0.2) is 32.1 Å². The SMILES string of the molecule is Cc1nc2c(OCc3c(F)cccc3F)cccn2c1C(=O)CC(CCCC(F)(F)F)C(C)(C)O. The number of rotatable bonds is 10. The number of fused-ring (bicyclic) bond motifs is 1. The van der Waals surface area contributed by atoms with Crippen LogP contribution >= 0.6 is 0 Å². The number of pyridine rings is 1. The second-order valence-corrected chi connectivity index (χ2v) is 9.09. The van der Waals surface area contributed by atoms with E-state index in [1.54, 1.807) is 25.3 Å². The maximum atomic E-state index is 13.9. The molecule has 0 spiro atoms. The van der Waals surface area contributed by atoms with Gasteiger partial charge in [0.2, 0.25) is 0 Å². The predicted molar refractivity (Wildman–Crippen MR) is 119 cm³/mol. The van der Waals surface area contributed by atoms with Gasteiger partial charge in [-0.2, -0.15) is 13.2 Å². The maximum Gasteiger partial charge on any atom is 0.389 e. The molecular formula is C25H27F5N2O3. The molecule has 0 aliphatic carbocycles. The average molecular weight is 498 g/mol. The molecule has 10 heteroatoms. The number of ether oxygens (including phenoxy) is 1. The number of hydrogen-bond donors (Lipinski definition) is 1. The molecule has 35 heavy (non-hydrogen) atoms. The number of benzene rings is 1. The van der Waals surface area contributed by atoms with E-state index in [9.17, 15) is 31.9 Å². The van der Waals surface area contributed by atoms with Gasteiger partial charge >= 0.3 is 6.18 Å². The minimum Gasteiger partial charge on any atom is -0.485 e. The van der Waals surface area contributed by atoms with Crippen LogP contribution in [0.2, 0.25) is 0 Å². The first-order valence-corrected chi connectivity index (χ1v) is 11.1. The number of aliphatic hydroxyl groups is 1. The molecule has 0 bridgehead atoms. The molecule has 0 fully saturated rings. The molecule has 1 N–H and O–H groups in total. The van der Waals surface area contributed by atoms with Crippen LogP contribution in [0.5, 0.6) is 5.75 Å². The van der Waals surface area contributed by atoms with Gasteiger partial charge < -0.3 is 9.84 Å². The van der Waals surface area contributed by atoms with Crippen LogP contribution in [0.3, 0.4) is 0 Å². The Morgan fingerprint density at radius 3 is 2.40 bits per heavy atom. The van der Waals surface area contributed by atoms with Crippen molar-refractivity contribution in [2.45, 2.75) is 64.8 Å². The van der Waals surface area contributed by atoms with Crippen molar-refractivity contribution in [2.24, 2.45) is 5.92 Å². The van der Waals surface area contributed by atoms with Crippen molar-refractivity contribution >= 4 is 11.4 Å². The Bertz CT molecular complexity index is 1180. The van der Waals surface area contributed by atoms with Crippen molar-refractivity contribution in [3.63, 3.8) is 0 Å².